The van der Waals surface area contributed by atoms with Gasteiger partial charge in [0.1, 0.15) is 11.3 Å². The Labute approximate surface area is 171 Å². The smallest absolute Gasteiger partial charge is 0.410 e. The molecule has 0 saturated carbocycles. The maximum Gasteiger partial charge on any atom is 0.410 e. The number of anilines is 1. The van der Waals surface area contributed by atoms with Crippen molar-refractivity contribution in [2.75, 3.05) is 25.0 Å². The molecule has 1 saturated heterocycles. The summed E-state index contributed by atoms with van der Waals surface area (Å²) >= 11 is 6.06. The standard InChI is InChI=1S/C21H27ClN4O2/c1-21(2,3)28-20(27)26-11-9-15(10-12-26)14-23-17-13-18(22)24-25-19(17)16-7-5-4-6-8-16/h4-8,13,15H,9-12,14H2,1-3H3,(H,23,24). The topological polar surface area (TPSA) is 67.3 Å². The first-order chi connectivity index (χ1) is 13.3. The van der Waals surface area contributed by atoms with E-state index in [1.807, 2.05) is 57.2 Å². The first kappa shape index (κ1) is 20.4. The van der Waals surface area contributed by atoms with E-state index in [1.165, 1.54) is 0 Å². The summed E-state index contributed by atoms with van der Waals surface area (Å²) < 4.78 is 5.46. The zero-order valence-electron chi connectivity index (χ0n) is 16.6. The number of halogens is 1. The average Bonchev–Trinajstić information content (AvgIpc) is 2.66. The van der Waals surface area contributed by atoms with Crippen molar-refractivity contribution in [3.63, 3.8) is 0 Å². The quantitative estimate of drug-likeness (QED) is 0.791. The molecule has 0 unspecified atom stereocenters. The number of carbonyl (C=O) groups excluding carboxylic acids is 1. The van der Waals surface area contributed by atoms with E-state index < -0.39 is 5.60 Å². The number of nitrogens with one attached hydrogen (secondary N) is 1. The van der Waals surface area contributed by atoms with E-state index in [0.717, 1.165) is 36.3 Å². The average molecular weight is 403 g/mol. The van der Waals surface area contributed by atoms with Gasteiger partial charge in [0.05, 0.1) is 5.69 Å². The van der Waals surface area contributed by atoms with Crippen LogP contribution < -0.4 is 5.32 Å². The molecule has 6 nitrogen and oxygen atoms in total. The zero-order valence-corrected chi connectivity index (χ0v) is 17.4. The van der Waals surface area contributed by atoms with Crippen LogP contribution in [0.4, 0.5) is 10.5 Å². The van der Waals surface area contributed by atoms with Crippen LogP contribution in [-0.4, -0.2) is 46.4 Å². The second kappa shape index (κ2) is 8.78. The van der Waals surface area contributed by atoms with Crippen LogP contribution in [0.15, 0.2) is 36.4 Å². The van der Waals surface area contributed by atoms with Crippen molar-refractivity contribution in [1.82, 2.24) is 15.1 Å². The highest BCUT2D eigenvalue weighted by Gasteiger charge is 2.26. The van der Waals surface area contributed by atoms with Crippen molar-refractivity contribution in [3.8, 4) is 11.3 Å². The lowest BCUT2D eigenvalue weighted by Gasteiger charge is -2.33. The van der Waals surface area contributed by atoms with Crippen LogP contribution in [-0.2, 0) is 4.74 Å². The Morgan fingerprint density at radius 2 is 1.89 bits per heavy atom. The lowest BCUT2D eigenvalue weighted by molar-refractivity contribution is 0.0188. The number of rotatable bonds is 4. The molecule has 3 rings (SSSR count). The number of aromatic nitrogens is 2. The number of hydrogen-bond donors (Lipinski definition) is 1. The number of hydrogen-bond acceptors (Lipinski definition) is 5. The van der Waals surface area contributed by atoms with Crippen LogP contribution in [0, 0.1) is 5.92 Å². The summed E-state index contributed by atoms with van der Waals surface area (Å²) in [6.45, 7) is 7.88. The van der Waals surface area contributed by atoms with Crippen LogP contribution >= 0.6 is 11.6 Å². The summed E-state index contributed by atoms with van der Waals surface area (Å²) in [4.78, 5) is 14.0. The summed E-state index contributed by atoms with van der Waals surface area (Å²) in [7, 11) is 0. The van der Waals surface area contributed by atoms with E-state index in [4.69, 9.17) is 16.3 Å². The van der Waals surface area contributed by atoms with Crippen LogP contribution in [0.1, 0.15) is 33.6 Å². The van der Waals surface area contributed by atoms with Crippen LogP contribution in [0.5, 0.6) is 0 Å². The van der Waals surface area contributed by atoms with Crippen molar-refractivity contribution in [3.05, 3.63) is 41.6 Å². The lowest BCUT2D eigenvalue weighted by Crippen LogP contribution is -2.42. The molecular weight excluding hydrogens is 376 g/mol. The molecule has 0 radical (unpaired) electrons. The van der Waals surface area contributed by atoms with Crippen LogP contribution in [0.3, 0.4) is 0 Å². The van der Waals surface area contributed by atoms with Crippen molar-refractivity contribution in [2.45, 2.75) is 39.2 Å². The minimum atomic E-state index is -0.461. The molecule has 1 aliphatic heterocycles. The fourth-order valence-corrected chi connectivity index (χ4v) is 3.36. The van der Waals surface area contributed by atoms with Gasteiger partial charge in [-0.25, -0.2) is 4.79 Å². The minimum absolute atomic E-state index is 0.226. The minimum Gasteiger partial charge on any atom is -0.444 e. The van der Waals surface area contributed by atoms with Gasteiger partial charge in [-0.05, 0) is 39.5 Å². The predicted octanol–water partition coefficient (Wildman–Crippen LogP) is 4.86. The highest BCUT2D eigenvalue weighted by molar-refractivity contribution is 6.29. The van der Waals surface area contributed by atoms with Crippen molar-refractivity contribution < 1.29 is 9.53 Å². The van der Waals surface area contributed by atoms with Gasteiger partial charge in [-0.2, -0.15) is 0 Å². The normalized spacial score (nSPS) is 15.4. The fraction of sp³-hybridized carbons (Fsp3) is 0.476. The Kier molecular flexibility index (Phi) is 6.39. The van der Waals surface area contributed by atoms with Crippen molar-refractivity contribution in [1.29, 1.82) is 0 Å². The third-order valence-corrected chi connectivity index (χ3v) is 4.84. The third kappa shape index (κ3) is 5.58. The highest BCUT2D eigenvalue weighted by atomic mass is 35.5. The number of nitrogens with zero attached hydrogens (tertiary/aromatic N) is 3. The fourth-order valence-electron chi connectivity index (χ4n) is 3.21. The molecule has 0 atom stereocenters. The number of ether oxygens (including phenoxy) is 1. The van der Waals surface area contributed by atoms with Crippen molar-refractivity contribution >= 4 is 23.4 Å². The van der Waals surface area contributed by atoms with Gasteiger partial charge >= 0.3 is 6.09 Å². The molecule has 0 bridgehead atoms. The second-order valence-corrected chi connectivity index (χ2v) is 8.47. The third-order valence-electron chi connectivity index (χ3n) is 4.66. The molecule has 0 aliphatic carbocycles. The number of amides is 1. The Morgan fingerprint density at radius 3 is 2.54 bits per heavy atom. The summed E-state index contributed by atoms with van der Waals surface area (Å²) in [5.74, 6) is 0.467. The Morgan fingerprint density at radius 1 is 1.21 bits per heavy atom. The monoisotopic (exact) mass is 402 g/mol. The number of likely N-dealkylation sites (tertiary alicyclic amines) is 1. The van der Waals surface area contributed by atoms with Gasteiger partial charge in [-0.15, -0.1) is 10.2 Å². The van der Waals surface area contributed by atoms with E-state index in [-0.39, 0.29) is 6.09 Å². The van der Waals surface area contributed by atoms with Crippen LogP contribution in [0.2, 0.25) is 5.15 Å². The first-order valence-corrected chi connectivity index (χ1v) is 10.00. The molecule has 1 aliphatic rings. The molecule has 7 heteroatoms. The van der Waals surface area contributed by atoms with E-state index in [0.29, 0.717) is 24.2 Å². The van der Waals surface area contributed by atoms with Gasteiger partial charge in [0, 0.05) is 31.3 Å². The lowest BCUT2D eigenvalue weighted by atomic mass is 9.97. The van der Waals surface area contributed by atoms with E-state index in [1.54, 1.807) is 4.90 Å². The molecule has 1 fully saturated rings. The Bertz CT molecular complexity index is 800. The van der Waals surface area contributed by atoms with E-state index in [9.17, 15) is 4.79 Å². The molecule has 150 valence electrons. The van der Waals surface area contributed by atoms with Gasteiger partial charge in [0.25, 0.3) is 0 Å². The van der Waals surface area contributed by atoms with Gasteiger partial charge in [-0.3, -0.25) is 0 Å². The molecule has 1 aromatic carbocycles. The van der Waals surface area contributed by atoms with E-state index in [2.05, 4.69) is 15.5 Å². The summed E-state index contributed by atoms with van der Waals surface area (Å²) in [6.07, 6.45) is 1.63. The number of benzene rings is 1. The zero-order chi connectivity index (χ0) is 20.1. The van der Waals surface area contributed by atoms with Gasteiger partial charge in [0.15, 0.2) is 5.15 Å². The molecule has 1 amide bonds. The SMILES string of the molecule is CC(C)(C)OC(=O)N1CCC(CNc2cc(Cl)nnc2-c2ccccc2)CC1. The van der Waals surface area contributed by atoms with Crippen LogP contribution in [0.25, 0.3) is 11.3 Å². The van der Waals surface area contributed by atoms with Crippen molar-refractivity contribution in [2.24, 2.45) is 5.92 Å². The van der Waals surface area contributed by atoms with Gasteiger partial charge in [-0.1, -0.05) is 41.9 Å². The molecule has 2 aromatic rings. The maximum absolute atomic E-state index is 12.2. The molecule has 28 heavy (non-hydrogen) atoms. The highest BCUT2D eigenvalue weighted by Crippen LogP contribution is 2.28. The number of carbonyl (C=O) groups is 1. The molecule has 0 spiro atoms. The largest absolute Gasteiger partial charge is 0.444 e. The second-order valence-electron chi connectivity index (χ2n) is 8.09. The Balaban J connectivity index is 1.58. The molecular formula is C21H27ClN4O2. The first-order valence-electron chi connectivity index (χ1n) is 9.62. The molecule has 1 aromatic heterocycles. The summed E-state index contributed by atoms with van der Waals surface area (Å²) in [5, 5.41) is 12.1. The van der Waals surface area contributed by atoms with E-state index >= 15 is 0 Å². The summed E-state index contributed by atoms with van der Waals surface area (Å²) in [5.41, 5.74) is 2.20. The molecule has 2 heterocycles. The Hall–Kier alpha value is -2.34. The summed E-state index contributed by atoms with van der Waals surface area (Å²) in [6, 6.07) is 11.7. The predicted molar refractivity (Wildman–Crippen MR) is 111 cm³/mol. The number of piperidine rings is 1. The van der Waals surface area contributed by atoms with Gasteiger partial charge in [0.2, 0.25) is 0 Å². The van der Waals surface area contributed by atoms with Gasteiger partial charge < -0.3 is 15.0 Å². The maximum atomic E-state index is 12.2. The molecule has 1 N–H and O–H groups in total.